The third-order valence-electron chi connectivity index (χ3n) is 2.63. The van der Waals surface area contributed by atoms with Crippen molar-refractivity contribution in [3.05, 3.63) is 27.0 Å². The third-order valence-corrected chi connectivity index (χ3v) is 3.87. The molecule has 0 spiro atoms. The van der Waals surface area contributed by atoms with Gasteiger partial charge in [-0.15, -0.1) is 0 Å². The number of halogens is 3. The van der Waals surface area contributed by atoms with E-state index >= 15 is 0 Å². The highest BCUT2D eigenvalue weighted by atomic mass is 35.5. The zero-order chi connectivity index (χ0) is 13.9. The van der Waals surface area contributed by atoms with Crippen LogP contribution in [0.15, 0.2) is 6.20 Å². The van der Waals surface area contributed by atoms with Crippen LogP contribution in [0.25, 0.3) is 0 Å². The molecule has 2 unspecified atom stereocenters. The van der Waals surface area contributed by atoms with Crippen molar-refractivity contribution in [2.24, 2.45) is 5.92 Å². The number of amides is 1. The lowest BCUT2D eigenvalue weighted by atomic mass is 10.1. The number of pyridine rings is 1. The fraction of sp³-hybridized carbons (Fsp3) is 0.455. The van der Waals surface area contributed by atoms with Crippen molar-refractivity contribution in [3.8, 4) is 0 Å². The summed E-state index contributed by atoms with van der Waals surface area (Å²) in [6, 6.07) is -0.213. The SMILES string of the molecule is CC(CO)C(C)NC(=O)c1ncc(Cl)c(Cl)c1Cl. The topological polar surface area (TPSA) is 62.2 Å². The molecule has 1 aromatic heterocycles. The summed E-state index contributed by atoms with van der Waals surface area (Å²) in [4.78, 5) is 15.8. The Bertz CT molecular complexity index is 454. The summed E-state index contributed by atoms with van der Waals surface area (Å²) >= 11 is 17.5. The van der Waals surface area contributed by atoms with Crippen molar-refractivity contribution in [2.75, 3.05) is 6.61 Å². The summed E-state index contributed by atoms with van der Waals surface area (Å²) in [5, 5.41) is 12.0. The lowest BCUT2D eigenvalue weighted by Crippen LogP contribution is -2.38. The molecular formula is C11H13Cl3N2O2. The van der Waals surface area contributed by atoms with E-state index in [2.05, 4.69) is 10.3 Å². The second-order valence-electron chi connectivity index (χ2n) is 4.00. The van der Waals surface area contributed by atoms with E-state index in [0.717, 1.165) is 0 Å². The summed E-state index contributed by atoms with van der Waals surface area (Å²) in [6.07, 6.45) is 1.27. The van der Waals surface area contributed by atoms with Gasteiger partial charge in [0, 0.05) is 18.8 Å². The molecule has 0 saturated heterocycles. The number of hydrogen-bond donors (Lipinski definition) is 2. The highest BCUT2D eigenvalue weighted by Crippen LogP contribution is 2.31. The number of nitrogens with zero attached hydrogens (tertiary/aromatic N) is 1. The average molecular weight is 312 g/mol. The first kappa shape index (κ1) is 15.5. The molecule has 0 aliphatic heterocycles. The number of nitrogens with one attached hydrogen (secondary N) is 1. The van der Waals surface area contributed by atoms with Crippen LogP contribution in [0.4, 0.5) is 0 Å². The summed E-state index contributed by atoms with van der Waals surface area (Å²) < 4.78 is 0. The van der Waals surface area contributed by atoms with Crippen LogP contribution in [0.1, 0.15) is 24.3 Å². The number of carbonyl (C=O) groups is 1. The number of aromatic nitrogens is 1. The lowest BCUT2D eigenvalue weighted by Gasteiger charge is -2.19. The smallest absolute Gasteiger partial charge is 0.271 e. The third kappa shape index (κ3) is 3.48. The maximum atomic E-state index is 11.9. The van der Waals surface area contributed by atoms with Gasteiger partial charge in [0.2, 0.25) is 0 Å². The standard InChI is InChI=1S/C11H13Cl3N2O2/c1-5(4-17)6(2)16-11(18)10-9(14)8(13)7(12)3-15-10/h3,5-6,17H,4H2,1-2H3,(H,16,18). The Balaban J connectivity index is 2.89. The Morgan fingerprint density at radius 3 is 2.56 bits per heavy atom. The van der Waals surface area contributed by atoms with Crippen molar-refractivity contribution in [1.82, 2.24) is 10.3 Å². The molecule has 0 saturated carbocycles. The molecule has 0 aromatic carbocycles. The number of carbonyl (C=O) groups excluding carboxylic acids is 1. The van der Waals surface area contributed by atoms with Gasteiger partial charge in [0.15, 0.2) is 0 Å². The largest absolute Gasteiger partial charge is 0.396 e. The summed E-state index contributed by atoms with van der Waals surface area (Å²) in [5.74, 6) is -0.526. The Kier molecular flexibility index (Phi) is 5.66. The quantitative estimate of drug-likeness (QED) is 0.899. The number of rotatable bonds is 4. The molecule has 1 rings (SSSR count). The van der Waals surface area contributed by atoms with E-state index < -0.39 is 5.91 Å². The van der Waals surface area contributed by atoms with E-state index in [1.807, 2.05) is 6.92 Å². The predicted octanol–water partition coefficient (Wildman–Crippen LogP) is 2.79. The number of aliphatic hydroxyl groups excluding tert-OH is 1. The minimum atomic E-state index is -0.452. The van der Waals surface area contributed by atoms with Crippen molar-refractivity contribution in [1.29, 1.82) is 0 Å². The molecule has 18 heavy (non-hydrogen) atoms. The zero-order valence-electron chi connectivity index (χ0n) is 9.88. The van der Waals surface area contributed by atoms with Crippen LogP contribution in [-0.4, -0.2) is 28.6 Å². The van der Waals surface area contributed by atoms with E-state index in [1.165, 1.54) is 6.20 Å². The molecule has 4 nitrogen and oxygen atoms in total. The molecule has 1 heterocycles. The maximum Gasteiger partial charge on any atom is 0.271 e. The molecule has 0 radical (unpaired) electrons. The fourth-order valence-corrected chi connectivity index (χ4v) is 1.74. The number of aliphatic hydroxyl groups is 1. The van der Waals surface area contributed by atoms with Crippen molar-refractivity contribution < 1.29 is 9.90 Å². The van der Waals surface area contributed by atoms with Gasteiger partial charge in [0.25, 0.3) is 5.91 Å². The fourth-order valence-electron chi connectivity index (χ4n) is 1.18. The highest BCUT2D eigenvalue weighted by molar-refractivity contribution is 6.48. The molecule has 0 aliphatic carbocycles. The first-order chi connectivity index (χ1) is 8.38. The molecule has 7 heteroatoms. The first-order valence-electron chi connectivity index (χ1n) is 5.29. The van der Waals surface area contributed by atoms with E-state index in [9.17, 15) is 4.79 Å². The summed E-state index contributed by atoms with van der Waals surface area (Å²) in [6.45, 7) is 3.57. The van der Waals surface area contributed by atoms with Gasteiger partial charge >= 0.3 is 0 Å². The van der Waals surface area contributed by atoms with Crippen molar-refractivity contribution >= 4 is 40.7 Å². The van der Waals surface area contributed by atoms with Gasteiger partial charge in [0.1, 0.15) is 5.69 Å². The van der Waals surface area contributed by atoms with Crippen LogP contribution in [0.3, 0.4) is 0 Å². The normalized spacial score (nSPS) is 14.1. The van der Waals surface area contributed by atoms with E-state index in [0.29, 0.717) is 0 Å². The van der Waals surface area contributed by atoms with Crippen LogP contribution in [0.2, 0.25) is 15.1 Å². The molecule has 2 N–H and O–H groups in total. The zero-order valence-corrected chi connectivity index (χ0v) is 12.1. The minimum absolute atomic E-state index is 0.0167. The summed E-state index contributed by atoms with van der Waals surface area (Å²) in [5.41, 5.74) is 0.0167. The maximum absolute atomic E-state index is 11.9. The van der Waals surface area contributed by atoms with Gasteiger partial charge in [-0.3, -0.25) is 4.79 Å². The minimum Gasteiger partial charge on any atom is -0.396 e. The van der Waals surface area contributed by atoms with Crippen LogP contribution < -0.4 is 5.32 Å². The highest BCUT2D eigenvalue weighted by Gasteiger charge is 2.20. The Morgan fingerprint density at radius 2 is 2.00 bits per heavy atom. The van der Waals surface area contributed by atoms with Crippen molar-refractivity contribution in [3.63, 3.8) is 0 Å². The van der Waals surface area contributed by atoms with Gasteiger partial charge in [-0.05, 0) is 12.8 Å². The van der Waals surface area contributed by atoms with Gasteiger partial charge in [-0.2, -0.15) is 0 Å². The predicted molar refractivity (Wildman–Crippen MR) is 72.4 cm³/mol. The Hall–Kier alpha value is -0.550. The van der Waals surface area contributed by atoms with E-state index in [-0.39, 0.29) is 39.3 Å². The molecular weight excluding hydrogens is 298 g/mol. The van der Waals surface area contributed by atoms with Gasteiger partial charge in [-0.1, -0.05) is 41.7 Å². The Labute approximate surface area is 120 Å². The lowest BCUT2D eigenvalue weighted by molar-refractivity contribution is 0.0911. The summed E-state index contributed by atoms with van der Waals surface area (Å²) in [7, 11) is 0. The first-order valence-corrected chi connectivity index (χ1v) is 6.43. The average Bonchev–Trinajstić information content (AvgIpc) is 2.34. The van der Waals surface area contributed by atoms with Gasteiger partial charge < -0.3 is 10.4 Å². The van der Waals surface area contributed by atoms with Crippen LogP contribution >= 0.6 is 34.8 Å². The van der Waals surface area contributed by atoms with Crippen LogP contribution in [-0.2, 0) is 0 Å². The van der Waals surface area contributed by atoms with E-state index in [1.54, 1.807) is 6.92 Å². The molecule has 0 bridgehead atoms. The molecule has 0 fully saturated rings. The van der Waals surface area contributed by atoms with E-state index in [4.69, 9.17) is 39.9 Å². The van der Waals surface area contributed by atoms with Gasteiger partial charge in [0.05, 0.1) is 15.1 Å². The second kappa shape index (κ2) is 6.57. The molecule has 1 amide bonds. The molecule has 1 aromatic rings. The molecule has 2 atom stereocenters. The monoisotopic (exact) mass is 310 g/mol. The molecule has 0 aliphatic rings. The Morgan fingerprint density at radius 1 is 1.39 bits per heavy atom. The number of hydrogen-bond acceptors (Lipinski definition) is 3. The van der Waals surface area contributed by atoms with Gasteiger partial charge in [-0.25, -0.2) is 4.98 Å². The van der Waals surface area contributed by atoms with Crippen LogP contribution in [0.5, 0.6) is 0 Å². The van der Waals surface area contributed by atoms with Crippen molar-refractivity contribution in [2.45, 2.75) is 19.9 Å². The second-order valence-corrected chi connectivity index (χ2v) is 5.17. The molecule has 100 valence electrons. The van der Waals surface area contributed by atoms with Crippen LogP contribution in [0, 0.1) is 5.92 Å².